The second-order valence-electron chi connectivity index (χ2n) is 4.75. The summed E-state index contributed by atoms with van der Waals surface area (Å²) in [5.74, 6) is 1.02. The number of rotatable bonds is 7. The molecule has 0 bridgehead atoms. The summed E-state index contributed by atoms with van der Waals surface area (Å²) < 4.78 is 7.54. The number of thioether (sulfide) groups is 1. The maximum atomic E-state index is 10.0. The van der Waals surface area contributed by atoms with Gasteiger partial charge in [0.05, 0.1) is 24.2 Å². The highest BCUT2D eigenvalue weighted by molar-refractivity contribution is 7.98. The molecule has 8 heteroatoms. The molecule has 0 fully saturated rings. The van der Waals surface area contributed by atoms with Crippen LogP contribution in [0.5, 0.6) is 0 Å². The Morgan fingerprint density at radius 2 is 2.24 bits per heavy atom. The van der Waals surface area contributed by atoms with E-state index in [-0.39, 0.29) is 12.7 Å². The minimum atomic E-state index is -0.771. The first-order valence-electron chi connectivity index (χ1n) is 6.58. The maximum absolute atomic E-state index is 10.0. The number of ether oxygens (including phenoxy) is 1. The fraction of sp³-hybridized carbons (Fsp3) is 0.538. The van der Waals surface area contributed by atoms with Crippen molar-refractivity contribution in [2.45, 2.75) is 25.4 Å². The van der Waals surface area contributed by atoms with Crippen molar-refractivity contribution in [2.75, 3.05) is 24.3 Å². The molecule has 0 spiro atoms. The summed E-state index contributed by atoms with van der Waals surface area (Å²) in [5, 5.41) is 20.1. The molecular weight excluding hydrogens is 292 g/mol. The average molecular weight is 312 g/mol. The van der Waals surface area contributed by atoms with Crippen molar-refractivity contribution in [3.05, 3.63) is 18.6 Å². The van der Waals surface area contributed by atoms with Gasteiger partial charge in [0.2, 0.25) is 0 Å². The number of nitrogens with two attached hydrogens (primary N) is 1. The number of hydrogen-bond acceptors (Lipinski definition) is 7. The minimum Gasteiger partial charge on any atom is -0.394 e. The minimum absolute atomic E-state index is 0.111. The number of anilines is 1. The fourth-order valence-electron chi connectivity index (χ4n) is 2.13. The molecule has 3 atom stereocenters. The zero-order valence-corrected chi connectivity index (χ0v) is 12.8. The predicted octanol–water partition coefficient (Wildman–Crippen LogP) is 0.633. The second-order valence-corrected chi connectivity index (χ2v) is 5.66. The van der Waals surface area contributed by atoms with Crippen molar-refractivity contribution in [1.29, 1.82) is 0 Å². The first kappa shape index (κ1) is 16.0. The number of aromatic nitrogens is 3. The number of aliphatic hydroxyl groups is 2. The second kappa shape index (κ2) is 7.08. The van der Waals surface area contributed by atoms with Gasteiger partial charge in [-0.3, -0.25) is 0 Å². The predicted molar refractivity (Wildman–Crippen MR) is 83.0 cm³/mol. The van der Waals surface area contributed by atoms with E-state index in [2.05, 4.69) is 9.97 Å². The molecule has 0 unspecified atom stereocenters. The van der Waals surface area contributed by atoms with E-state index in [9.17, 15) is 10.2 Å². The van der Waals surface area contributed by atoms with E-state index in [4.69, 9.17) is 10.5 Å². The lowest BCUT2D eigenvalue weighted by Crippen LogP contribution is -2.31. The van der Waals surface area contributed by atoms with Crippen LogP contribution < -0.4 is 5.73 Å². The van der Waals surface area contributed by atoms with Gasteiger partial charge < -0.3 is 25.3 Å². The molecule has 0 saturated heterocycles. The van der Waals surface area contributed by atoms with Gasteiger partial charge in [-0.1, -0.05) is 0 Å². The molecule has 0 aliphatic rings. The quantitative estimate of drug-likeness (QED) is 0.688. The van der Waals surface area contributed by atoms with Crippen LogP contribution in [0.3, 0.4) is 0 Å². The van der Waals surface area contributed by atoms with Gasteiger partial charge in [-0.15, -0.1) is 0 Å². The molecule has 4 N–H and O–H groups in total. The first-order chi connectivity index (χ1) is 10.1. The first-order valence-corrected chi connectivity index (χ1v) is 7.98. The van der Waals surface area contributed by atoms with Crippen molar-refractivity contribution in [3.63, 3.8) is 0 Å². The summed E-state index contributed by atoms with van der Waals surface area (Å²) in [4.78, 5) is 8.14. The van der Waals surface area contributed by atoms with Gasteiger partial charge in [0.1, 0.15) is 17.8 Å². The van der Waals surface area contributed by atoms with E-state index >= 15 is 0 Å². The Labute approximate surface area is 127 Å². The Balaban J connectivity index is 2.34. The summed E-state index contributed by atoms with van der Waals surface area (Å²) in [6.45, 7) is 1.52. The van der Waals surface area contributed by atoms with Crippen LogP contribution in [0.25, 0.3) is 11.0 Å². The Morgan fingerprint density at radius 3 is 2.86 bits per heavy atom. The van der Waals surface area contributed by atoms with E-state index in [0.29, 0.717) is 22.6 Å². The van der Waals surface area contributed by atoms with Crippen LogP contribution in [0.1, 0.15) is 13.2 Å². The van der Waals surface area contributed by atoms with Crippen molar-refractivity contribution in [3.8, 4) is 0 Å². The SMILES string of the molecule is CSC[C@H](CO)O[C@H]([C@@H](C)O)n1ccc2c(N)ncnc21. The molecule has 116 valence electrons. The summed E-state index contributed by atoms with van der Waals surface area (Å²) >= 11 is 1.57. The van der Waals surface area contributed by atoms with Crippen LogP contribution in [0.4, 0.5) is 5.82 Å². The molecule has 2 heterocycles. The van der Waals surface area contributed by atoms with Crippen molar-refractivity contribution < 1.29 is 14.9 Å². The van der Waals surface area contributed by atoms with Gasteiger partial charge in [0.15, 0.2) is 6.23 Å². The van der Waals surface area contributed by atoms with E-state index in [1.54, 1.807) is 35.5 Å². The van der Waals surface area contributed by atoms with Gasteiger partial charge in [-0.05, 0) is 19.2 Å². The lowest BCUT2D eigenvalue weighted by atomic mass is 10.3. The van der Waals surface area contributed by atoms with E-state index in [1.807, 2.05) is 6.26 Å². The highest BCUT2D eigenvalue weighted by Crippen LogP contribution is 2.25. The number of nitrogens with zero attached hydrogens (tertiary/aromatic N) is 3. The highest BCUT2D eigenvalue weighted by atomic mass is 32.2. The summed E-state index contributed by atoms with van der Waals surface area (Å²) in [5.41, 5.74) is 6.40. The number of fused-ring (bicyclic) bond motifs is 1. The van der Waals surface area contributed by atoms with Gasteiger partial charge in [-0.25, -0.2) is 9.97 Å². The Kier molecular flexibility index (Phi) is 5.40. The smallest absolute Gasteiger partial charge is 0.161 e. The Hall–Kier alpha value is -1.35. The van der Waals surface area contributed by atoms with Crippen LogP contribution in [-0.2, 0) is 4.74 Å². The monoisotopic (exact) mass is 312 g/mol. The largest absolute Gasteiger partial charge is 0.394 e. The van der Waals surface area contributed by atoms with Crippen molar-refractivity contribution >= 4 is 28.6 Å². The van der Waals surface area contributed by atoms with E-state index < -0.39 is 12.3 Å². The molecule has 0 aromatic carbocycles. The van der Waals surface area contributed by atoms with Crippen LogP contribution in [-0.4, -0.2) is 55.6 Å². The Morgan fingerprint density at radius 1 is 1.48 bits per heavy atom. The van der Waals surface area contributed by atoms with Crippen LogP contribution in [0, 0.1) is 0 Å². The molecule has 0 amide bonds. The van der Waals surface area contributed by atoms with Gasteiger partial charge in [0.25, 0.3) is 0 Å². The molecule has 0 radical (unpaired) electrons. The normalized spacial score (nSPS) is 16.0. The molecule has 0 saturated carbocycles. The third kappa shape index (κ3) is 3.46. The number of hydrogen-bond donors (Lipinski definition) is 3. The molecule has 0 aliphatic heterocycles. The molecule has 2 aromatic heterocycles. The van der Waals surface area contributed by atoms with Crippen LogP contribution >= 0.6 is 11.8 Å². The fourth-order valence-corrected chi connectivity index (χ4v) is 2.68. The van der Waals surface area contributed by atoms with E-state index in [0.717, 1.165) is 0 Å². The highest BCUT2D eigenvalue weighted by Gasteiger charge is 2.24. The molecule has 0 aliphatic carbocycles. The average Bonchev–Trinajstić information content (AvgIpc) is 2.88. The standard InChI is InChI=1S/C13H20N4O3S/c1-8(19)13(20-9(5-18)6-21-2)17-4-3-10-11(14)15-7-16-12(10)17/h3-4,7-9,13,18-19H,5-6H2,1-2H3,(H2,14,15,16)/t8-,9+,13-/m1/s1. The summed E-state index contributed by atoms with van der Waals surface area (Å²) in [7, 11) is 0. The number of nitrogen functional groups attached to an aromatic ring is 1. The molecule has 7 nitrogen and oxygen atoms in total. The van der Waals surface area contributed by atoms with Gasteiger partial charge in [0, 0.05) is 11.9 Å². The zero-order valence-electron chi connectivity index (χ0n) is 12.0. The molecule has 2 rings (SSSR count). The van der Waals surface area contributed by atoms with E-state index in [1.165, 1.54) is 6.33 Å². The van der Waals surface area contributed by atoms with Crippen LogP contribution in [0.15, 0.2) is 18.6 Å². The molecular formula is C13H20N4O3S. The Bertz CT molecular complexity index is 590. The topological polar surface area (TPSA) is 106 Å². The third-order valence-electron chi connectivity index (χ3n) is 3.11. The molecule has 2 aromatic rings. The van der Waals surface area contributed by atoms with Crippen molar-refractivity contribution in [1.82, 2.24) is 14.5 Å². The lowest BCUT2D eigenvalue weighted by molar-refractivity contribution is -0.114. The zero-order chi connectivity index (χ0) is 15.4. The van der Waals surface area contributed by atoms with Gasteiger partial charge in [-0.2, -0.15) is 11.8 Å². The van der Waals surface area contributed by atoms with Crippen LogP contribution in [0.2, 0.25) is 0 Å². The van der Waals surface area contributed by atoms with Crippen molar-refractivity contribution in [2.24, 2.45) is 0 Å². The number of aliphatic hydroxyl groups excluding tert-OH is 2. The maximum Gasteiger partial charge on any atom is 0.161 e. The summed E-state index contributed by atoms with van der Waals surface area (Å²) in [6.07, 6.45) is 3.27. The molecule has 21 heavy (non-hydrogen) atoms. The third-order valence-corrected chi connectivity index (χ3v) is 3.82. The van der Waals surface area contributed by atoms with Gasteiger partial charge >= 0.3 is 0 Å². The summed E-state index contributed by atoms with van der Waals surface area (Å²) in [6, 6.07) is 1.78. The lowest BCUT2D eigenvalue weighted by Gasteiger charge is -2.27.